The second-order valence-corrected chi connectivity index (χ2v) is 9.22. The lowest BCUT2D eigenvalue weighted by atomic mass is 9.92. The zero-order valence-corrected chi connectivity index (χ0v) is 22.0. The van der Waals surface area contributed by atoms with Crippen LogP contribution in [-0.4, -0.2) is 24.7 Å². The van der Waals surface area contributed by atoms with Crippen LogP contribution in [0.5, 0.6) is 17.2 Å². The highest BCUT2D eigenvalue weighted by molar-refractivity contribution is 5.94. The fourth-order valence-electron chi connectivity index (χ4n) is 4.54. The number of nitrogens with one attached hydrogen (secondary N) is 1. The van der Waals surface area contributed by atoms with E-state index >= 15 is 0 Å². The molecular formula is C33H35NO4. The van der Waals surface area contributed by atoms with Crippen LogP contribution >= 0.6 is 0 Å². The molecule has 5 nitrogen and oxygen atoms in total. The van der Waals surface area contributed by atoms with Gasteiger partial charge in [-0.05, 0) is 52.6 Å². The molecule has 4 aromatic carbocycles. The second kappa shape index (κ2) is 13.3. The van der Waals surface area contributed by atoms with E-state index in [1.807, 2.05) is 78.9 Å². The molecule has 0 saturated carbocycles. The maximum absolute atomic E-state index is 13.1. The number of phenolic OH excluding ortho intramolecular Hbond substituents is 1. The Morgan fingerprint density at radius 1 is 0.921 bits per heavy atom. The Balaban J connectivity index is 1.53. The molecule has 4 rings (SSSR count). The Bertz CT molecular complexity index is 1380. The van der Waals surface area contributed by atoms with Crippen molar-refractivity contribution < 1.29 is 19.4 Å². The van der Waals surface area contributed by atoms with Crippen molar-refractivity contribution >= 4 is 22.8 Å². The number of fused-ring (bicyclic) bond motifs is 1. The number of aromatic hydroxyl groups is 1. The average Bonchev–Trinajstić information content (AvgIpc) is 2.95. The van der Waals surface area contributed by atoms with Gasteiger partial charge in [-0.3, -0.25) is 4.79 Å². The van der Waals surface area contributed by atoms with Gasteiger partial charge in [0.15, 0.2) is 11.5 Å². The fraction of sp³-hybridized carbons (Fsp3) is 0.242. The molecule has 0 fully saturated rings. The lowest BCUT2D eigenvalue weighted by Gasteiger charge is -2.22. The van der Waals surface area contributed by atoms with Crippen LogP contribution in [0.2, 0.25) is 0 Å². The lowest BCUT2D eigenvalue weighted by Crippen LogP contribution is -2.28. The van der Waals surface area contributed by atoms with E-state index in [-0.39, 0.29) is 11.7 Å². The maximum atomic E-state index is 13.1. The molecule has 0 aliphatic carbocycles. The summed E-state index contributed by atoms with van der Waals surface area (Å²) in [4.78, 5) is 13.1. The molecule has 1 amide bonds. The highest BCUT2D eigenvalue weighted by Gasteiger charge is 2.21. The SMILES string of the molecule is CCCCCCOc1ccc(/C=C/C(=O)NC(c2ccccc2)c2c(O)ccc3ccccc23)cc1OC. The number of ether oxygens (including phenoxy) is 2. The van der Waals surface area contributed by atoms with Gasteiger partial charge in [0.1, 0.15) is 5.75 Å². The Labute approximate surface area is 224 Å². The molecule has 5 heteroatoms. The van der Waals surface area contributed by atoms with Gasteiger partial charge in [0.2, 0.25) is 5.91 Å². The molecule has 0 aliphatic heterocycles. The van der Waals surface area contributed by atoms with Gasteiger partial charge in [-0.25, -0.2) is 0 Å². The zero-order valence-electron chi connectivity index (χ0n) is 22.0. The highest BCUT2D eigenvalue weighted by Crippen LogP contribution is 2.36. The smallest absolute Gasteiger partial charge is 0.244 e. The molecule has 2 N–H and O–H groups in total. The van der Waals surface area contributed by atoms with Crippen molar-refractivity contribution in [3.8, 4) is 17.2 Å². The number of carbonyl (C=O) groups excluding carboxylic acids is 1. The molecule has 0 radical (unpaired) electrons. The molecule has 38 heavy (non-hydrogen) atoms. The largest absolute Gasteiger partial charge is 0.508 e. The summed E-state index contributed by atoms with van der Waals surface area (Å²) in [5, 5.41) is 15.8. The van der Waals surface area contributed by atoms with E-state index in [9.17, 15) is 9.90 Å². The van der Waals surface area contributed by atoms with Crippen molar-refractivity contribution in [3.05, 3.63) is 108 Å². The topological polar surface area (TPSA) is 67.8 Å². The molecule has 196 valence electrons. The minimum Gasteiger partial charge on any atom is -0.508 e. The van der Waals surface area contributed by atoms with E-state index in [4.69, 9.17) is 9.47 Å². The number of hydrogen-bond donors (Lipinski definition) is 2. The van der Waals surface area contributed by atoms with E-state index in [0.29, 0.717) is 23.7 Å². The van der Waals surface area contributed by atoms with Crippen LogP contribution in [0.4, 0.5) is 0 Å². The monoisotopic (exact) mass is 509 g/mol. The molecule has 0 aromatic heterocycles. The van der Waals surface area contributed by atoms with E-state index in [1.54, 1.807) is 19.3 Å². The number of methoxy groups -OCH3 is 1. The summed E-state index contributed by atoms with van der Waals surface area (Å²) >= 11 is 0. The van der Waals surface area contributed by atoms with Crippen molar-refractivity contribution in [2.45, 2.75) is 38.6 Å². The van der Waals surface area contributed by atoms with Gasteiger partial charge in [-0.1, -0.05) is 92.9 Å². The first-order valence-electron chi connectivity index (χ1n) is 13.2. The van der Waals surface area contributed by atoms with Gasteiger partial charge >= 0.3 is 0 Å². The number of amides is 1. The van der Waals surface area contributed by atoms with Crippen molar-refractivity contribution in [1.82, 2.24) is 5.32 Å². The van der Waals surface area contributed by atoms with Crippen LogP contribution in [0.1, 0.15) is 55.3 Å². The van der Waals surface area contributed by atoms with Gasteiger partial charge in [0.05, 0.1) is 19.8 Å². The Kier molecular flexibility index (Phi) is 9.41. The number of unbranched alkanes of at least 4 members (excludes halogenated alkanes) is 3. The molecule has 0 aliphatic rings. The van der Waals surface area contributed by atoms with Crippen molar-refractivity contribution in [3.63, 3.8) is 0 Å². The van der Waals surface area contributed by atoms with Crippen LogP contribution < -0.4 is 14.8 Å². The van der Waals surface area contributed by atoms with Crippen molar-refractivity contribution in [1.29, 1.82) is 0 Å². The van der Waals surface area contributed by atoms with Gasteiger partial charge in [-0.2, -0.15) is 0 Å². The zero-order chi connectivity index (χ0) is 26.7. The Hall–Kier alpha value is -4.25. The Morgan fingerprint density at radius 3 is 2.50 bits per heavy atom. The first kappa shape index (κ1) is 26.8. The summed E-state index contributed by atoms with van der Waals surface area (Å²) in [6.45, 7) is 2.83. The van der Waals surface area contributed by atoms with Crippen molar-refractivity contribution in [2.75, 3.05) is 13.7 Å². The number of rotatable bonds is 12. The third kappa shape index (κ3) is 6.74. The summed E-state index contributed by atoms with van der Waals surface area (Å²) < 4.78 is 11.4. The standard InChI is InChI=1S/C33H35NO4/c1-3-4-5-11-22-38-29-20-16-24(23-30(29)37-2)17-21-31(36)34-33(26-13-7-6-8-14-26)32-27-15-10-9-12-25(27)18-19-28(32)35/h6-10,12-21,23,33,35H,3-5,11,22H2,1-2H3,(H,34,36)/b21-17+. The maximum Gasteiger partial charge on any atom is 0.244 e. The first-order valence-corrected chi connectivity index (χ1v) is 13.2. The summed E-state index contributed by atoms with van der Waals surface area (Å²) in [5.41, 5.74) is 2.36. The lowest BCUT2D eigenvalue weighted by molar-refractivity contribution is -0.116. The normalized spacial score (nSPS) is 11.9. The van der Waals surface area contributed by atoms with Gasteiger partial charge in [-0.15, -0.1) is 0 Å². The fourth-order valence-corrected chi connectivity index (χ4v) is 4.54. The number of benzene rings is 4. The summed E-state index contributed by atoms with van der Waals surface area (Å²) in [7, 11) is 1.61. The van der Waals surface area contributed by atoms with Gasteiger partial charge in [0, 0.05) is 11.6 Å². The molecule has 0 heterocycles. The van der Waals surface area contributed by atoms with Gasteiger partial charge in [0.25, 0.3) is 0 Å². The van der Waals surface area contributed by atoms with Crippen LogP contribution in [0.15, 0.2) is 91.0 Å². The molecule has 0 saturated heterocycles. The van der Waals surface area contributed by atoms with Crippen LogP contribution in [0.3, 0.4) is 0 Å². The summed E-state index contributed by atoms with van der Waals surface area (Å²) in [6.07, 6.45) is 7.79. The van der Waals surface area contributed by atoms with Crippen LogP contribution in [0, 0.1) is 0 Å². The predicted molar refractivity (Wildman–Crippen MR) is 154 cm³/mol. The molecule has 1 atom stereocenters. The average molecular weight is 510 g/mol. The minimum atomic E-state index is -0.530. The van der Waals surface area contributed by atoms with E-state index in [0.717, 1.165) is 34.7 Å². The predicted octanol–water partition coefficient (Wildman–Crippen LogP) is 7.43. The molecule has 0 bridgehead atoms. The summed E-state index contributed by atoms with van der Waals surface area (Å²) in [5.74, 6) is 1.19. The first-order chi connectivity index (χ1) is 18.6. The number of phenols is 1. The third-order valence-corrected chi connectivity index (χ3v) is 6.53. The van der Waals surface area contributed by atoms with Crippen LogP contribution in [-0.2, 0) is 4.79 Å². The number of carbonyl (C=O) groups is 1. The molecule has 4 aromatic rings. The highest BCUT2D eigenvalue weighted by atomic mass is 16.5. The molecule has 0 spiro atoms. The van der Waals surface area contributed by atoms with E-state index in [2.05, 4.69) is 12.2 Å². The third-order valence-electron chi connectivity index (χ3n) is 6.53. The van der Waals surface area contributed by atoms with E-state index in [1.165, 1.54) is 18.9 Å². The minimum absolute atomic E-state index is 0.136. The summed E-state index contributed by atoms with van der Waals surface area (Å²) in [6, 6.07) is 26.2. The van der Waals surface area contributed by atoms with Crippen molar-refractivity contribution in [2.24, 2.45) is 0 Å². The Morgan fingerprint density at radius 2 is 1.71 bits per heavy atom. The van der Waals surface area contributed by atoms with Gasteiger partial charge < -0.3 is 19.9 Å². The van der Waals surface area contributed by atoms with Crippen LogP contribution in [0.25, 0.3) is 16.8 Å². The van der Waals surface area contributed by atoms with E-state index < -0.39 is 6.04 Å². The number of hydrogen-bond acceptors (Lipinski definition) is 4. The molecule has 1 unspecified atom stereocenters. The molecular weight excluding hydrogens is 474 g/mol. The second-order valence-electron chi connectivity index (χ2n) is 9.22. The quantitative estimate of drug-likeness (QED) is 0.154.